The van der Waals surface area contributed by atoms with E-state index in [1.165, 1.54) is 19.3 Å². The number of anilines is 1. The number of aliphatic hydroxyl groups is 1. The minimum absolute atomic E-state index is 0.0746. The predicted molar refractivity (Wildman–Crippen MR) is 138 cm³/mol. The van der Waals surface area contributed by atoms with Crippen LogP contribution >= 0.6 is 0 Å². The van der Waals surface area contributed by atoms with Crippen LogP contribution in [0.4, 0.5) is 10.3 Å². The summed E-state index contributed by atoms with van der Waals surface area (Å²) < 4.78 is 48.3. The predicted octanol–water partition coefficient (Wildman–Crippen LogP) is 3.29. The Morgan fingerprint density at radius 3 is 2.61 bits per heavy atom. The van der Waals surface area contributed by atoms with E-state index in [1.807, 2.05) is 4.57 Å². The summed E-state index contributed by atoms with van der Waals surface area (Å²) in [5, 5.41) is 12.4. The van der Waals surface area contributed by atoms with E-state index in [2.05, 4.69) is 21.6 Å². The van der Waals surface area contributed by atoms with E-state index in [0.717, 1.165) is 12.1 Å². The molecule has 1 aromatic heterocycles. The number of nitrogens with one attached hydrogen (secondary N) is 2. The van der Waals surface area contributed by atoms with Crippen molar-refractivity contribution in [3.05, 3.63) is 66.0 Å². The summed E-state index contributed by atoms with van der Waals surface area (Å²) in [5.74, 6) is -1.90. The number of nitrogens with zero attached hydrogens (tertiary/aromatic N) is 2. The van der Waals surface area contributed by atoms with Gasteiger partial charge in [0.2, 0.25) is 16.0 Å². The zero-order chi connectivity index (χ0) is 27.4. The molecule has 12 heteroatoms. The average Bonchev–Trinajstić information content (AvgIpc) is 3.28. The Morgan fingerprint density at radius 1 is 1.21 bits per heavy atom. The minimum Gasteiger partial charge on any atom is -0.469 e. The van der Waals surface area contributed by atoms with Crippen molar-refractivity contribution in [3.63, 3.8) is 0 Å². The van der Waals surface area contributed by atoms with Crippen LogP contribution in [0.1, 0.15) is 47.6 Å². The number of halogens is 1. The van der Waals surface area contributed by atoms with Gasteiger partial charge in [-0.15, -0.1) is 6.58 Å². The molecule has 0 spiro atoms. The Labute approximate surface area is 219 Å². The molecule has 1 aliphatic rings. The molecule has 0 radical (unpaired) electrons. The van der Waals surface area contributed by atoms with Gasteiger partial charge >= 0.3 is 5.97 Å². The number of benzene rings is 2. The number of esters is 1. The van der Waals surface area contributed by atoms with Crippen molar-refractivity contribution >= 4 is 38.9 Å². The highest BCUT2D eigenvalue weighted by Crippen LogP contribution is 2.37. The molecule has 1 amide bonds. The van der Waals surface area contributed by atoms with Crippen LogP contribution in [0.3, 0.4) is 0 Å². The summed E-state index contributed by atoms with van der Waals surface area (Å²) in [4.78, 5) is 29.1. The number of fused-ring (bicyclic) bond motifs is 1. The molecule has 0 unspecified atom stereocenters. The fourth-order valence-electron chi connectivity index (χ4n) is 4.70. The first-order valence-corrected chi connectivity index (χ1v) is 13.6. The van der Waals surface area contributed by atoms with Crippen LogP contribution in [0.15, 0.2) is 53.9 Å². The van der Waals surface area contributed by atoms with Gasteiger partial charge in [0.25, 0.3) is 5.91 Å². The molecule has 1 heterocycles. The molecule has 10 nitrogen and oxygen atoms in total. The van der Waals surface area contributed by atoms with Crippen LogP contribution in [-0.4, -0.2) is 48.6 Å². The van der Waals surface area contributed by atoms with E-state index in [0.29, 0.717) is 42.3 Å². The monoisotopic (exact) mass is 544 g/mol. The first-order chi connectivity index (χ1) is 18.2. The lowest BCUT2D eigenvalue weighted by Crippen LogP contribution is -2.26. The number of amides is 1. The molecule has 3 aromatic rings. The van der Waals surface area contributed by atoms with Gasteiger partial charge in [0, 0.05) is 18.2 Å². The van der Waals surface area contributed by atoms with E-state index >= 15 is 0 Å². The van der Waals surface area contributed by atoms with E-state index in [4.69, 9.17) is 4.74 Å². The number of hydrogen-bond donors (Lipinski definition) is 3. The third-order valence-electron chi connectivity index (χ3n) is 6.66. The maximum atomic E-state index is 14.4. The van der Waals surface area contributed by atoms with Crippen LogP contribution in [0, 0.1) is 11.7 Å². The second-order valence-corrected chi connectivity index (χ2v) is 10.8. The SMILES string of the molecule is C=CCNS(=O)(=O)c1cc(C(=O)Nc2nc3ccc(CO)cc3n2C2CCC(C(=O)OC)CC2)ccc1F. The van der Waals surface area contributed by atoms with Crippen molar-refractivity contribution in [2.24, 2.45) is 5.92 Å². The Balaban J connectivity index is 1.68. The van der Waals surface area contributed by atoms with Gasteiger partial charge in [-0.2, -0.15) is 0 Å². The normalized spacial score (nSPS) is 17.8. The Hall–Kier alpha value is -3.61. The zero-order valence-corrected chi connectivity index (χ0v) is 21.6. The van der Waals surface area contributed by atoms with Crippen molar-refractivity contribution in [2.75, 3.05) is 19.0 Å². The number of sulfonamides is 1. The molecule has 4 rings (SSSR count). The molecule has 0 aliphatic heterocycles. The van der Waals surface area contributed by atoms with Crippen molar-refractivity contribution in [1.82, 2.24) is 14.3 Å². The second-order valence-electron chi connectivity index (χ2n) is 9.06. The lowest BCUT2D eigenvalue weighted by atomic mass is 9.86. The summed E-state index contributed by atoms with van der Waals surface area (Å²) in [5.41, 5.74) is 1.88. The Kier molecular flexibility index (Phi) is 8.24. The van der Waals surface area contributed by atoms with Gasteiger partial charge < -0.3 is 14.4 Å². The van der Waals surface area contributed by atoms with Gasteiger partial charge in [-0.25, -0.2) is 22.5 Å². The number of methoxy groups -OCH3 is 1. The van der Waals surface area contributed by atoms with E-state index < -0.39 is 26.6 Å². The van der Waals surface area contributed by atoms with Crippen LogP contribution in [0.2, 0.25) is 0 Å². The Bertz CT molecular complexity index is 1480. The summed E-state index contributed by atoms with van der Waals surface area (Å²) in [7, 11) is -2.84. The van der Waals surface area contributed by atoms with Crippen LogP contribution in [-0.2, 0) is 26.2 Å². The molecular weight excluding hydrogens is 515 g/mol. The summed E-state index contributed by atoms with van der Waals surface area (Å²) in [6, 6.07) is 8.23. The van der Waals surface area contributed by atoms with Crippen molar-refractivity contribution in [2.45, 2.75) is 43.2 Å². The van der Waals surface area contributed by atoms with E-state index in [1.54, 1.807) is 18.2 Å². The van der Waals surface area contributed by atoms with E-state index in [-0.39, 0.29) is 42.6 Å². The summed E-state index contributed by atoms with van der Waals surface area (Å²) >= 11 is 0. The molecule has 0 atom stereocenters. The first kappa shape index (κ1) is 27.4. The number of ether oxygens (including phenoxy) is 1. The largest absolute Gasteiger partial charge is 0.469 e. The number of aromatic nitrogens is 2. The number of carbonyl (C=O) groups is 2. The highest BCUT2D eigenvalue weighted by Gasteiger charge is 2.30. The van der Waals surface area contributed by atoms with Gasteiger partial charge in [-0.05, 0) is 61.6 Å². The van der Waals surface area contributed by atoms with Gasteiger partial charge in [0.1, 0.15) is 10.7 Å². The van der Waals surface area contributed by atoms with Crippen molar-refractivity contribution < 1.29 is 32.2 Å². The first-order valence-electron chi connectivity index (χ1n) is 12.1. The smallest absolute Gasteiger partial charge is 0.308 e. The van der Waals surface area contributed by atoms with Gasteiger partial charge in [-0.1, -0.05) is 12.1 Å². The number of imidazole rings is 1. The lowest BCUT2D eigenvalue weighted by Gasteiger charge is -2.29. The van der Waals surface area contributed by atoms with Crippen molar-refractivity contribution in [1.29, 1.82) is 0 Å². The third-order valence-corrected chi connectivity index (χ3v) is 8.10. The zero-order valence-electron chi connectivity index (χ0n) is 20.8. The average molecular weight is 545 g/mol. The van der Waals surface area contributed by atoms with Gasteiger partial charge in [-0.3, -0.25) is 14.9 Å². The molecule has 3 N–H and O–H groups in total. The topological polar surface area (TPSA) is 140 Å². The molecule has 0 saturated heterocycles. The number of aliphatic hydroxyl groups excluding tert-OH is 1. The molecule has 2 aromatic carbocycles. The molecule has 1 saturated carbocycles. The maximum absolute atomic E-state index is 14.4. The maximum Gasteiger partial charge on any atom is 0.308 e. The van der Waals surface area contributed by atoms with Crippen LogP contribution < -0.4 is 10.0 Å². The fourth-order valence-corrected chi connectivity index (χ4v) is 5.80. The van der Waals surface area contributed by atoms with Crippen molar-refractivity contribution in [3.8, 4) is 0 Å². The third kappa shape index (κ3) is 5.62. The summed E-state index contributed by atoms with van der Waals surface area (Å²) in [6.45, 7) is 3.16. The van der Waals surface area contributed by atoms with Gasteiger partial charge in [0.05, 0.1) is 30.7 Å². The minimum atomic E-state index is -4.21. The molecule has 0 bridgehead atoms. The number of carbonyl (C=O) groups excluding carboxylic acids is 2. The van der Waals surface area contributed by atoms with Crippen LogP contribution in [0.5, 0.6) is 0 Å². The number of rotatable bonds is 9. The standard InChI is InChI=1S/C26H29FN4O6S/c1-3-12-28-38(35,36)23-14-18(7-10-20(23)27)24(33)30-26-29-21-11-4-16(15-32)13-22(21)31(26)19-8-5-17(6-9-19)25(34)37-2/h3-4,7,10-11,13-14,17,19,28,32H,1,5-6,8-9,12,15H2,2H3,(H,29,30,33). The second kappa shape index (κ2) is 11.4. The molecule has 202 valence electrons. The highest BCUT2D eigenvalue weighted by atomic mass is 32.2. The molecule has 1 fully saturated rings. The molecule has 38 heavy (non-hydrogen) atoms. The highest BCUT2D eigenvalue weighted by molar-refractivity contribution is 7.89. The molecular formula is C26H29FN4O6S. The van der Waals surface area contributed by atoms with Gasteiger partial charge in [0.15, 0.2) is 0 Å². The lowest BCUT2D eigenvalue weighted by molar-refractivity contribution is -0.146. The molecule has 1 aliphatic carbocycles. The quantitative estimate of drug-likeness (QED) is 0.277. The fraction of sp³-hybridized carbons (Fsp3) is 0.346. The number of hydrogen-bond acceptors (Lipinski definition) is 7. The van der Waals surface area contributed by atoms with E-state index in [9.17, 15) is 27.5 Å². The van der Waals surface area contributed by atoms with Crippen LogP contribution in [0.25, 0.3) is 11.0 Å². The summed E-state index contributed by atoms with van der Waals surface area (Å²) in [6.07, 6.45) is 3.77. The Morgan fingerprint density at radius 2 is 1.95 bits per heavy atom.